The zero-order valence-electron chi connectivity index (χ0n) is 32.0. The Morgan fingerprint density at radius 2 is 0.983 bits per heavy atom. The van der Waals surface area contributed by atoms with E-state index in [1.807, 2.05) is 11.3 Å². The number of hydrogen-bond acceptors (Lipinski definition) is 3. The summed E-state index contributed by atoms with van der Waals surface area (Å²) in [6.45, 7) is 0. The summed E-state index contributed by atoms with van der Waals surface area (Å²) in [5.74, 6) is 0. The summed E-state index contributed by atoms with van der Waals surface area (Å²) >= 11 is 1.88. The van der Waals surface area contributed by atoms with Gasteiger partial charge in [0.05, 0.1) is 27.8 Å². The zero-order valence-corrected chi connectivity index (χ0v) is 32.8. The van der Waals surface area contributed by atoms with Gasteiger partial charge in [-0.15, -0.1) is 11.3 Å². The molecule has 0 bridgehead atoms. The number of fused-ring (bicyclic) bond motifs is 16. The molecule has 2 nitrogen and oxygen atoms in total. The van der Waals surface area contributed by atoms with E-state index in [0.717, 1.165) is 50.7 Å². The molecule has 3 aromatic heterocycles. The first-order chi connectivity index (χ1) is 29.2. The highest BCUT2D eigenvalue weighted by molar-refractivity contribution is 7.20. The van der Waals surface area contributed by atoms with E-state index in [0.29, 0.717) is 0 Å². The minimum atomic E-state index is -0.393. The van der Waals surface area contributed by atoms with E-state index in [-0.39, 0.29) is 0 Å². The number of benzene rings is 7. The highest BCUT2D eigenvalue weighted by Crippen LogP contribution is 2.63. The molecule has 3 aliphatic carbocycles. The summed E-state index contributed by atoms with van der Waals surface area (Å²) in [5, 5.41) is 3.52. The Kier molecular flexibility index (Phi) is 6.90. The fourth-order valence-corrected chi connectivity index (χ4v) is 11.4. The maximum atomic E-state index is 5.43. The molecule has 3 aliphatic rings. The lowest BCUT2D eigenvalue weighted by atomic mass is 9.70. The molecule has 0 aliphatic heterocycles. The molecule has 1 spiro atoms. The molecule has 0 atom stereocenters. The molecule has 3 heteroatoms. The number of allylic oxidation sites excluding steroid dienone is 3. The lowest BCUT2D eigenvalue weighted by Gasteiger charge is -2.30. The van der Waals surface area contributed by atoms with Crippen LogP contribution in [0.2, 0.25) is 0 Å². The van der Waals surface area contributed by atoms with Crippen LogP contribution < -0.4 is 0 Å². The molecule has 0 saturated carbocycles. The van der Waals surface area contributed by atoms with Crippen molar-refractivity contribution in [2.75, 3.05) is 0 Å². The largest absolute Gasteiger partial charge is 0.245 e. The van der Waals surface area contributed by atoms with E-state index in [2.05, 4.69) is 194 Å². The van der Waals surface area contributed by atoms with Crippen LogP contribution in [0.4, 0.5) is 0 Å². The Balaban J connectivity index is 0.907. The normalized spacial score (nSPS) is 14.0. The van der Waals surface area contributed by atoms with Gasteiger partial charge in [-0.3, -0.25) is 0 Å². The molecule has 3 heterocycles. The zero-order chi connectivity index (χ0) is 38.7. The van der Waals surface area contributed by atoms with Gasteiger partial charge < -0.3 is 0 Å². The number of nitrogens with zero attached hydrogens (tertiary/aromatic N) is 2. The molecule has 0 amide bonds. The Hall–Kier alpha value is -7.20. The standard InChI is InChI=1S/C56H34N2S/c1-2-13-44-45-32-38(27-31-53(45)59-52(44)17-3-1)34-18-20-35(21-19-34)50-29-25-36-22-23-37-26-30-51(58-55(37)54(36)57-50)39-24-28-43-42-12-6-9-16-48(42)56(49(43)33-39)46-14-7-4-10-40(46)41-11-5-8-15-47(41)56/h1-12,14-33H,13H2. The fraction of sp³-hybridized carbons (Fsp3) is 0.0357. The van der Waals surface area contributed by atoms with E-state index >= 15 is 0 Å². The maximum absolute atomic E-state index is 5.43. The predicted octanol–water partition coefficient (Wildman–Crippen LogP) is 14.5. The number of aromatic nitrogens is 2. The Morgan fingerprint density at radius 3 is 1.64 bits per heavy atom. The molecule has 274 valence electrons. The lowest BCUT2D eigenvalue weighted by molar-refractivity contribution is 0.794. The van der Waals surface area contributed by atoms with E-state index in [4.69, 9.17) is 9.97 Å². The second-order valence-corrected chi connectivity index (χ2v) is 17.1. The van der Waals surface area contributed by atoms with Crippen molar-refractivity contribution in [1.82, 2.24) is 9.97 Å². The molecule has 59 heavy (non-hydrogen) atoms. The van der Waals surface area contributed by atoms with Crippen LogP contribution in [0.5, 0.6) is 0 Å². The van der Waals surface area contributed by atoms with Crippen molar-refractivity contribution in [2.45, 2.75) is 11.8 Å². The van der Waals surface area contributed by atoms with Gasteiger partial charge in [0.1, 0.15) is 0 Å². The molecule has 0 unspecified atom stereocenters. The van der Waals surface area contributed by atoms with Crippen molar-refractivity contribution in [3.05, 3.63) is 221 Å². The molecule has 0 radical (unpaired) electrons. The van der Waals surface area contributed by atoms with Crippen molar-refractivity contribution in [1.29, 1.82) is 0 Å². The smallest absolute Gasteiger partial charge is 0.0972 e. The van der Waals surface area contributed by atoms with Crippen LogP contribution in [0.15, 0.2) is 188 Å². The first-order valence-electron chi connectivity index (χ1n) is 20.4. The van der Waals surface area contributed by atoms with Crippen LogP contribution in [0, 0.1) is 0 Å². The van der Waals surface area contributed by atoms with Gasteiger partial charge in [0.2, 0.25) is 0 Å². The first-order valence-corrected chi connectivity index (χ1v) is 21.2. The molecule has 10 aromatic rings. The van der Waals surface area contributed by atoms with Gasteiger partial charge in [0, 0.05) is 31.5 Å². The predicted molar refractivity (Wildman–Crippen MR) is 247 cm³/mol. The first kappa shape index (κ1) is 32.8. The minimum absolute atomic E-state index is 0.393. The SMILES string of the molecule is C1=CCc2c(sc3ccc(-c4ccc(-c5ccc6ccc7ccc(-c8ccc9c(c8)C8(c%10ccccc%10-c%10ccccc%108)c8ccccc8-9)nc7c6n5)cc4)cc23)C=C1. The van der Waals surface area contributed by atoms with E-state index in [1.165, 1.54) is 76.2 Å². The summed E-state index contributed by atoms with van der Waals surface area (Å²) < 4.78 is 1.34. The van der Waals surface area contributed by atoms with Crippen LogP contribution in [0.3, 0.4) is 0 Å². The fourth-order valence-electron chi connectivity index (χ4n) is 10.3. The third-order valence-electron chi connectivity index (χ3n) is 13.0. The minimum Gasteiger partial charge on any atom is -0.245 e. The van der Waals surface area contributed by atoms with Crippen LogP contribution in [0.25, 0.3) is 93.9 Å². The highest BCUT2D eigenvalue weighted by atomic mass is 32.1. The Bertz CT molecular complexity index is 3410. The molecule has 0 N–H and O–H groups in total. The van der Waals surface area contributed by atoms with Crippen LogP contribution >= 0.6 is 11.3 Å². The van der Waals surface area contributed by atoms with Crippen molar-refractivity contribution in [2.24, 2.45) is 0 Å². The van der Waals surface area contributed by atoms with Gasteiger partial charge in [-0.1, -0.05) is 158 Å². The van der Waals surface area contributed by atoms with Gasteiger partial charge in [0.25, 0.3) is 0 Å². The quantitative estimate of drug-likeness (QED) is 0.167. The van der Waals surface area contributed by atoms with Gasteiger partial charge in [-0.25, -0.2) is 9.97 Å². The second kappa shape index (κ2) is 12.4. The summed E-state index contributed by atoms with van der Waals surface area (Å²) in [6, 6.07) is 62.7. The third kappa shape index (κ3) is 4.68. The average Bonchev–Trinajstić information content (AvgIpc) is 3.83. The molecular formula is C56H34N2S. The molecule has 0 saturated heterocycles. The van der Waals surface area contributed by atoms with E-state index in [9.17, 15) is 0 Å². The molecule has 0 fully saturated rings. The summed E-state index contributed by atoms with van der Waals surface area (Å²) in [7, 11) is 0. The van der Waals surface area contributed by atoms with Crippen molar-refractivity contribution in [3.63, 3.8) is 0 Å². The molecular weight excluding hydrogens is 733 g/mol. The van der Waals surface area contributed by atoms with E-state index < -0.39 is 5.41 Å². The topological polar surface area (TPSA) is 25.8 Å². The monoisotopic (exact) mass is 766 g/mol. The summed E-state index contributed by atoms with van der Waals surface area (Å²) in [4.78, 5) is 12.1. The number of rotatable bonds is 3. The van der Waals surface area contributed by atoms with Crippen LogP contribution in [-0.2, 0) is 11.8 Å². The summed E-state index contributed by atoms with van der Waals surface area (Å²) in [6.07, 6.45) is 9.76. The van der Waals surface area contributed by atoms with Gasteiger partial charge in [0.15, 0.2) is 0 Å². The Labute approximate surface area is 346 Å². The van der Waals surface area contributed by atoms with Crippen molar-refractivity contribution < 1.29 is 0 Å². The lowest BCUT2D eigenvalue weighted by Crippen LogP contribution is -2.25. The number of thiophene rings is 1. The Morgan fingerprint density at radius 1 is 0.441 bits per heavy atom. The van der Waals surface area contributed by atoms with Gasteiger partial charge in [-0.2, -0.15) is 0 Å². The second-order valence-electron chi connectivity index (χ2n) is 16.0. The third-order valence-corrected chi connectivity index (χ3v) is 14.1. The molecule has 7 aromatic carbocycles. The van der Waals surface area contributed by atoms with Gasteiger partial charge >= 0.3 is 0 Å². The van der Waals surface area contributed by atoms with Gasteiger partial charge in [-0.05, 0) is 109 Å². The summed E-state index contributed by atoms with van der Waals surface area (Å²) in [5.41, 5.74) is 20.0. The van der Waals surface area contributed by atoms with Crippen LogP contribution in [0.1, 0.15) is 32.7 Å². The number of pyridine rings is 2. The van der Waals surface area contributed by atoms with Crippen molar-refractivity contribution >= 4 is 49.3 Å². The van der Waals surface area contributed by atoms with E-state index in [1.54, 1.807) is 0 Å². The van der Waals surface area contributed by atoms with Crippen LogP contribution in [-0.4, -0.2) is 9.97 Å². The maximum Gasteiger partial charge on any atom is 0.0972 e. The average molecular weight is 767 g/mol. The van der Waals surface area contributed by atoms with Crippen molar-refractivity contribution in [3.8, 4) is 55.9 Å². The highest BCUT2D eigenvalue weighted by Gasteiger charge is 2.51. The molecule has 13 rings (SSSR count). The number of hydrogen-bond donors (Lipinski definition) is 0.